The van der Waals surface area contributed by atoms with E-state index in [0.717, 1.165) is 0 Å². The third-order valence-corrected chi connectivity index (χ3v) is 2.32. The molecule has 0 aromatic carbocycles. The summed E-state index contributed by atoms with van der Waals surface area (Å²) in [5.74, 6) is 0. The van der Waals surface area contributed by atoms with Crippen LogP contribution in [-0.2, 0) is 0 Å². The molecule has 0 aliphatic carbocycles. The smallest absolute Gasteiger partial charge is 0.0600 e. The van der Waals surface area contributed by atoms with E-state index in [1.165, 1.54) is 38.5 Å². The zero-order chi connectivity index (χ0) is 8.53. The molecular formula is C10H19Si. The van der Waals surface area contributed by atoms with E-state index in [0.29, 0.717) is 0 Å². The second kappa shape index (κ2) is 8.06. The summed E-state index contributed by atoms with van der Waals surface area (Å²) in [7, 11) is 3.46. The third-order valence-electron chi connectivity index (χ3n) is 1.91. The topological polar surface area (TPSA) is 0 Å². The Morgan fingerprint density at radius 3 is 1.82 bits per heavy atom. The van der Waals surface area contributed by atoms with Gasteiger partial charge in [0.25, 0.3) is 0 Å². The molecule has 0 aliphatic heterocycles. The van der Waals surface area contributed by atoms with Crippen LogP contribution in [0.3, 0.4) is 0 Å². The Morgan fingerprint density at radius 1 is 1.09 bits per heavy atom. The summed E-state index contributed by atoms with van der Waals surface area (Å²) in [5, 5.41) is 0. The van der Waals surface area contributed by atoms with Crippen molar-refractivity contribution in [3.8, 4) is 0 Å². The van der Waals surface area contributed by atoms with Gasteiger partial charge in [0.2, 0.25) is 0 Å². The molecule has 0 atom stereocenters. The predicted molar refractivity (Wildman–Crippen MR) is 52.9 cm³/mol. The van der Waals surface area contributed by atoms with E-state index < -0.39 is 0 Å². The van der Waals surface area contributed by atoms with E-state index in [1.807, 2.05) is 0 Å². The molecule has 0 bridgehead atoms. The van der Waals surface area contributed by atoms with Crippen LogP contribution in [0.5, 0.6) is 0 Å². The number of hydrogen-bond donors (Lipinski definition) is 0. The Balaban J connectivity index is 3.43. The summed E-state index contributed by atoms with van der Waals surface area (Å²) in [6.07, 6.45) is 7.82. The largest absolute Gasteiger partial charge is 0.103 e. The maximum Gasteiger partial charge on any atom is 0.0600 e. The molecule has 0 aliphatic rings. The molecule has 0 fully saturated rings. The van der Waals surface area contributed by atoms with Gasteiger partial charge in [0.15, 0.2) is 0 Å². The fourth-order valence-electron chi connectivity index (χ4n) is 1.08. The van der Waals surface area contributed by atoms with Crippen molar-refractivity contribution in [2.45, 2.75) is 52.4 Å². The van der Waals surface area contributed by atoms with Crippen molar-refractivity contribution >= 4 is 10.2 Å². The lowest BCUT2D eigenvalue weighted by molar-refractivity contribution is 0.714. The molecule has 0 aromatic rings. The highest BCUT2D eigenvalue weighted by Crippen LogP contribution is 2.13. The first-order valence-corrected chi connectivity index (χ1v) is 5.28. The van der Waals surface area contributed by atoms with Crippen molar-refractivity contribution in [1.29, 1.82) is 0 Å². The lowest BCUT2D eigenvalue weighted by Crippen LogP contribution is -1.85. The maximum absolute atomic E-state index is 3.46. The van der Waals surface area contributed by atoms with E-state index in [1.54, 1.807) is 5.57 Å². The van der Waals surface area contributed by atoms with Gasteiger partial charge in [-0.2, -0.15) is 0 Å². The van der Waals surface area contributed by atoms with Crippen LogP contribution in [0, 0.1) is 0 Å². The van der Waals surface area contributed by atoms with Gasteiger partial charge in [-0.25, -0.2) is 0 Å². The van der Waals surface area contributed by atoms with E-state index in [9.17, 15) is 0 Å². The summed E-state index contributed by atoms with van der Waals surface area (Å²) in [6.45, 7) is 4.48. The molecule has 0 rings (SSSR count). The molecule has 0 nitrogen and oxygen atoms in total. The molecule has 63 valence electrons. The van der Waals surface area contributed by atoms with Crippen molar-refractivity contribution in [2.75, 3.05) is 0 Å². The molecular weight excluding hydrogens is 148 g/mol. The zero-order valence-electron chi connectivity index (χ0n) is 7.82. The van der Waals surface area contributed by atoms with Gasteiger partial charge in [-0.3, -0.25) is 0 Å². The Labute approximate surface area is 74.5 Å². The van der Waals surface area contributed by atoms with Crippen LogP contribution in [0.15, 0.2) is 11.3 Å². The summed E-state index contributed by atoms with van der Waals surface area (Å²) >= 11 is 0. The minimum Gasteiger partial charge on any atom is -0.103 e. The van der Waals surface area contributed by atoms with Gasteiger partial charge in [0.1, 0.15) is 0 Å². The Kier molecular flexibility index (Phi) is 8.03. The van der Waals surface area contributed by atoms with E-state index >= 15 is 0 Å². The molecule has 0 unspecified atom stereocenters. The molecule has 11 heavy (non-hydrogen) atoms. The second-order valence-electron chi connectivity index (χ2n) is 3.01. The summed E-state index contributed by atoms with van der Waals surface area (Å²) in [6, 6.07) is 0. The van der Waals surface area contributed by atoms with Gasteiger partial charge in [-0.05, 0) is 25.7 Å². The normalized spacial score (nSPS) is 9.73. The first kappa shape index (κ1) is 11.0. The molecule has 0 N–H and O–H groups in total. The highest BCUT2D eigenvalue weighted by atomic mass is 28.1. The van der Waals surface area contributed by atoms with Crippen molar-refractivity contribution < 1.29 is 0 Å². The Hall–Kier alpha value is -0.0431. The van der Waals surface area contributed by atoms with Gasteiger partial charge in [0, 0.05) is 0 Å². The average Bonchev–Trinajstić information content (AvgIpc) is 2.05. The highest BCUT2D eigenvalue weighted by molar-refractivity contribution is 6.17. The van der Waals surface area contributed by atoms with Crippen molar-refractivity contribution in [2.24, 2.45) is 0 Å². The lowest BCUT2D eigenvalue weighted by Gasteiger charge is -2.04. The monoisotopic (exact) mass is 167 g/mol. The first-order valence-electron chi connectivity index (χ1n) is 4.70. The second-order valence-corrected chi connectivity index (χ2v) is 3.30. The van der Waals surface area contributed by atoms with Crippen LogP contribution in [0.4, 0.5) is 0 Å². The van der Waals surface area contributed by atoms with Gasteiger partial charge >= 0.3 is 0 Å². The van der Waals surface area contributed by atoms with Crippen molar-refractivity contribution in [3.63, 3.8) is 0 Å². The highest BCUT2D eigenvalue weighted by Gasteiger charge is 1.93. The minimum atomic E-state index is 1.28. The molecule has 0 saturated carbocycles. The Morgan fingerprint density at radius 2 is 1.55 bits per heavy atom. The van der Waals surface area contributed by atoms with E-state index in [4.69, 9.17) is 0 Å². The predicted octanol–water partition coefficient (Wildman–Crippen LogP) is 3.42. The van der Waals surface area contributed by atoms with Crippen molar-refractivity contribution in [1.82, 2.24) is 0 Å². The first-order chi connectivity index (χ1) is 5.35. The van der Waals surface area contributed by atoms with Crippen LogP contribution in [0.25, 0.3) is 0 Å². The SMILES string of the molecule is CCCCC(=C[Si])CCCC. The fourth-order valence-corrected chi connectivity index (χ4v) is 1.37. The molecule has 0 saturated heterocycles. The minimum absolute atomic E-state index is 1.28. The number of rotatable bonds is 6. The molecule has 0 heterocycles. The Bertz CT molecular complexity index is 95.4. The van der Waals surface area contributed by atoms with Crippen LogP contribution in [-0.4, -0.2) is 10.2 Å². The maximum atomic E-state index is 3.46. The summed E-state index contributed by atoms with van der Waals surface area (Å²) < 4.78 is 0. The van der Waals surface area contributed by atoms with Crippen LogP contribution >= 0.6 is 0 Å². The van der Waals surface area contributed by atoms with Gasteiger partial charge < -0.3 is 0 Å². The number of unbranched alkanes of at least 4 members (excludes halogenated alkanes) is 2. The quantitative estimate of drug-likeness (QED) is 0.532. The molecule has 3 radical (unpaired) electrons. The van der Waals surface area contributed by atoms with Gasteiger partial charge in [0.05, 0.1) is 10.2 Å². The molecule has 0 spiro atoms. The number of allylic oxidation sites excluding steroid dienone is 1. The summed E-state index contributed by atoms with van der Waals surface area (Å²) in [4.78, 5) is 0. The summed E-state index contributed by atoms with van der Waals surface area (Å²) in [5.41, 5.74) is 3.68. The molecule has 0 amide bonds. The van der Waals surface area contributed by atoms with Gasteiger partial charge in [-0.1, -0.05) is 32.3 Å². The molecule has 0 aromatic heterocycles. The zero-order valence-corrected chi connectivity index (χ0v) is 8.82. The van der Waals surface area contributed by atoms with Gasteiger partial charge in [-0.15, -0.1) is 5.70 Å². The van der Waals surface area contributed by atoms with Crippen molar-refractivity contribution in [3.05, 3.63) is 11.3 Å². The molecule has 1 heteroatoms. The fraction of sp³-hybridized carbons (Fsp3) is 0.800. The van der Waals surface area contributed by atoms with E-state index in [2.05, 4.69) is 29.8 Å². The standard InChI is InChI=1S/C10H19Si/c1-3-5-7-10(9-11)8-6-4-2/h9H,3-8H2,1-2H3. The number of hydrogen-bond acceptors (Lipinski definition) is 0. The van der Waals surface area contributed by atoms with E-state index in [-0.39, 0.29) is 0 Å². The lowest BCUT2D eigenvalue weighted by atomic mass is 10.1. The van der Waals surface area contributed by atoms with Crippen LogP contribution in [0.2, 0.25) is 0 Å². The third kappa shape index (κ3) is 6.36. The van der Waals surface area contributed by atoms with Crippen LogP contribution < -0.4 is 0 Å². The van der Waals surface area contributed by atoms with Crippen LogP contribution in [0.1, 0.15) is 52.4 Å². The average molecular weight is 167 g/mol.